The number of sulfonamides is 1. The molecule has 4 aliphatic rings. The fourth-order valence-electron chi connectivity index (χ4n) is 8.45. The van der Waals surface area contributed by atoms with Crippen LogP contribution in [-0.4, -0.2) is 75.9 Å². The maximum atomic E-state index is 14.6. The van der Waals surface area contributed by atoms with E-state index in [1.807, 2.05) is 74.5 Å². The molecule has 13 nitrogen and oxygen atoms in total. The van der Waals surface area contributed by atoms with E-state index in [4.69, 9.17) is 41.8 Å². The molecule has 4 heterocycles. The van der Waals surface area contributed by atoms with Gasteiger partial charge in [0.05, 0.1) is 34.3 Å². The minimum Gasteiger partial charge on any atom is -0.491 e. The van der Waals surface area contributed by atoms with Gasteiger partial charge in [-0.15, -0.1) is 0 Å². The van der Waals surface area contributed by atoms with Crippen molar-refractivity contribution in [3.63, 3.8) is 0 Å². The van der Waals surface area contributed by atoms with Crippen LogP contribution in [0, 0.1) is 17.3 Å². The van der Waals surface area contributed by atoms with E-state index in [1.54, 1.807) is 4.90 Å². The Bertz CT molecular complexity index is 2390. The summed E-state index contributed by atoms with van der Waals surface area (Å²) < 4.78 is 47.0. The van der Waals surface area contributed by atoms with Crippen LogP contribution < -0.4 is 19.9 Å². The van der Waals surface area contributed by atoms with Gasteiger partial charge in [0, 0.05) is 36.1 Å². The highest BCUT2D eigenvalue weighted by molar-refractivity contribution is 7.91. The van der Waals surface area contributed by atoms with Gasteiger partial charge >= 0.3 is 0 Å². The average molecular weight is 828 g/mol. The lowest BCUT2D eigenvalue weighted by Gasteiger charge is -2.29. The van der Waals surface area contributed by atoms with Crippen LogP contribution >= 0.6 is 12.2 Å². The Morgan fingerprint density at radius 3 is 2.59 bits per heavy atom. The van der Waals surface area contributed by atoms with Crippen LogP contribution in [0.25, 0.3) is 33.5 Å². The van der Waals surface area contributed by atoms with Gasteiger partial charge in [-0.05, 0) is 94.7 Å². The number of Topliss-reactive ketones (excluding diaryl/α,β-unsaturated/α-hetero) is 1. The number of ether oxygens (including phenoxy) is 2. The van der Waals surface area contributed by atoms with E-state index in [0.29, 0.717) is 53.9 Å². The van der Waals surface area contributed by atoms with E-state index < -0.39 is 44.7 Å². The van der Waals surface area contributed by atoms with E-state index in [2.05, 4.69) is 4.72 Å². The molecule has 3 fully saturated rings. The van der Waals surface area contributed by atoms with Crippen LogP contribution in [0.1, 0.15) is 84.5 Å². The molecule has 0 bridgehead atoms. The largest absolute Gasteiger partial charge is 0.491 e. The number of allylic oxidation sites excluding steroid dienone is 2. The number of nitrogens with zero attached hydrogens (tertiary/aromatic N) is 3. The van der Waals surface area contributed by atoms with Crippen molar-refractivity contribution in [2.45, 2.75) is 108 Å². The highest BCUT2D eigenvalue weighted by atomic mass is 32.2. The predicted molar refractivity (Wildman–Crippen MR) is 222 cm³/mol. The van der Waals surface area contributed by atoms with Crippen LogP contribution in [0.4, 0.5) is 0 Å². The zero-order valence-corrected chi connectivity index (χ0v) is 34.4. The number of amides is 2. The van der Waals surface area contributed by atoms with Gasteiger partial charge < -0.3 is 24.5 Å². The number of ketones is 1. The highest BCUT2D eigenvalue weighted by Crippen LogP contribution is 2.57. The normalized spacial score (nSPS) is 26.1. The highest BCUT2D eigenvalue weighted by Gasteiger charge is 2.61. The smallest absolute Gasteiger partial charge is 0.262 e. The molecule has 3 N–H and O–H groups in total. The number of furan rings is 1. The summed E-state index contributed by atoms with van der Waals surface area (Å²) in [6.45, 7) is 3.97. The van der Waals surface area contributed by atoms with Crippen molar-refractivity contribution in [1.29, 1.82) is 0 Å². The third-order valence-corrected chi connectivity index (χ3v) is 13.7. The molecular weight excluding hydrogens is 779 g/mol. The Balaban J connectivity index is 1.14. The first-order valence-corrected chi connectivity index (χ1v) is 22.2. The first-order valence-electron chi connectivity index (χ1n) is 20.3. The Kier molecular flexibility index (Phi) is 11.0. The Hall–Kier alpha value is -4.89. The van der Waals surface area contributed by atoms with E-state index >= 15 is 0 Å². The predicted octanol–water partition coefficient (Wildman–Crippen LogP) is 6.57. The molecule has 4 aromatic rings. The topological polar surface area (TPSA) is 184 Å². The van der Waals surface area contributed by atoms with Crippen molar-refractivity contribution in [3.8, 4) is 23.0 Å². The molecule has 1 saturated heterocycles. The third kappa shape index (κ3) is 8.33. The molecule has 2 aromatic carbocycles. The van der Waals surface area contributed by atoms with E-state index in [1.165, 1.54) is 0 Å². The molecule has 2 amide bonds. The number of benzene rings is 2. The summed E-state index contributed by atoms with van der Waals surface area (Å²) in [7, 11) is -3.85. The minimum absolute atomic E-state index is 0.00558. The molecule has 8 rings (SSSR count). The van der Waals surface area contributed by atoms with Crippen molar-refractivity contribution >= 4 is 66.9 Å². The van der Waals surface area contributed by atoms with Crippen molar-refractivity contribution in [2.75, 3.05) is 6.54 Å². The van der Waals surface area contributed by atoms with Crippen molar-refractivity contribution in [3.05, 3.63) is 60.7 Å². The molecule has 2 saturated carbocycles. The average Bonchev–Trinajstić information content (AvgIpc) is 4.08. The summed E-state index contributed by atoms with van der Waals surface area (Å²) in [4.78, 5) is 54.6. The second kappa shape index (κ2) is 16.0. The zero-order chi connectivity index (χ0) is 40.8. The quantitative estimate of drug-likeness (QED) is 0.130. The number of nitrogens with two attached hydrogens (primary N) is 1. The van der Waals surface area contributed by atoms with Crippen LogP contribution in [0.5, 0.6) is 11.6 Å². The molecule has 2 aliphatic carbocycles. The molecule has 15 heteroatoms. The third-order valence-electron chi connectivity index (χ3n) is 11.7. The van der Waals surface area contributed by atoms with Gasteiger partial charge in [0.25, 0.3) is 5.88 Å². The van der Waals surface area contributed by atoms with Crippen LogP contribution in [0.2, 0.25) is 0 Å². The van der Waals surface area contributed by atoms with Gasteiger partial charge in [0.2, 0.25) is 27.4 Å². The lowest BCUT2D eigenvalue weighted by atomic mass is 9.90. The van der Waals surface area contributed by atoms with Gasteiger partial charge in [-0.1, -0.05) is 49.3 Å². The Labute approximate surface area is 343 Å². The molecule has 58 heavy (non-hydrogen) atoms. The molecule has 0 spiro atoms. The molecule has 306 valence electrons. The van der Waals surface area contributed by atoms with Gasteiger partial charge in [0.1, 0.15) is 23.0 Å². The Morgan fingerprint density at radius 1 is 1.07 bits per heavy atom. The van der Waals surface area contributed by atoms with E-state index in [0.717, 1.165) is 36.6 Å². The molecule has 2 aromatic heterocycles. The van der Waals surface area contributed by atoms with Gasteiger partial charge in [-0.25, -0.2) is 13.4 Å². The monoisotopic (exact) mass is 827 g/mol. The second-order valence-electron chi connectivity index (χ2n) is 16.5. The molecule has 2 aliphatic heterocycles. The van der Waals surface area contributed by atoms with Gasteiger partial charge in [-0.2, -0.15) is 4.98 Å². The number of rotatable bonds is 10. The van der Waals surface area contributed by atoms with Crippen molar-refractivity contribution < 1.29 is 36.7 Å². The maximum Gasteiger partial charge on any atom is 0.262 e. The second-order valence-corrected chi connectivity index (χ2v) is 19.0. The van der Waals surface area contributed by atoms with E-state index in [-0.39, 0.29) is 60.4 Å². The first-order chi connectivity index (χ1) is 27.8. The fraction of sp³-hybridized carbons (Fsp3) is 0.488. The SMILES string of the molecule is CC(C)Oc1ccc(-c2nc(O[C@@H]3C[C@H]4C(=O)C[C@]5(C(=O)NS(=O)(=O)C6CC6)C[C@@H]5/C=C\CCCCC[C@H](CC(N)=S)C(=O)N4C3)c3oc4ccccc4c3n2)cc1. The number of hydrogen-bond donors (Lipinski definition) is 2. The van der Waals surface area contributed by atoms with Crippen LogP contribution in [0.3, 0.4) is 0 Å². The van der Waals surface area contributed by atoms with Crippen molar-refractivity contribution in [2.24, 2.45) is 23.0 Å². The summed E-state index contributed by atoms with van der Waals surface area (Å²) >= 11 is 5.29. The molecule has 0 radical (unpaired) electrons. The number of carbonyl (C=O) groups excluding carboxylic acids is 3. The summed E-state index contributed by atoms with van der Waals surface area (Å²) in [5.74, 6) is -0.832. The Morgan fingerprint density at radius 2 is 1.84 bits per heavy atom. The van der Waals surface area contributed by atoms with Gasteiger partial charge in [-0.3, -0.25) is 19.1 Å². The fourth-order valence-corrected chi connectivity index (χ4v) is 10.0. The summed E-state index contributed by atoms with van der Waals surface area (Å²) in [5.41, 5.74) is 6.99. The minimum atomic E-state index is -3.85. The lowest BCUT2D eigenvalue weighted by Crippen LogP contribution is -2.46. The van der Waals surface area contributed by atoms with Crippen molar-refractivity contribution in [1.82, 2.24) is 19.6 Å². The first kappa shape index (κ1) is 39.9. The zero-order valence-electron chi connectivity index (χ0n) is 32.7. The number of carbonyl (C=O) groups is 3. The van der Waals surface area contributed by atoms with Crippen LogP contribution in [0.15, 0.2) is 65.1 Å². The van der Waals surface area contributed by atoms with Crippen LogP contribution in [-0.2, 0) is 24.4 Å². The standard InChI is InChI=1S/C43H49N5O8S2/c1-25(2)54-29-16-14-26(15-17-29)39-45-37-32-12-8-9-13-35(32)56-38(37)40(46-39)55-30-21-33-34(49)23-43(42(51)47-58(52,53)31-18-19-31)22-28(43)11-7-5-3-4-6-10-27(20-36(44)57)41(50)48(33)24-30/h7-9,11-17,25,27-28,30-31,33H,3-6,10,18-24H2,1-2H3,(H2,44,57)(H,47,51)/b11-7-/t27-,28+,30-,33+,43-/m1/s1. The summed E-state index contributed by atoms with van der Waals surface area (Å²) in [6.07, 6.45) is 8.53. The summed E-state index contributed by atoms with van der Waals surface area (Å²) in [6, 6.07) is 14.0. The molecule has 5 atom stereocenters. The number of hydrogen-bond acceptors (Lipinski definition) is 11. The number of aromatic nitrogens is 2. The number of para-hydroxylation sites is 1. The number of nitrogens with one attached hydrogen (secondary N) is 1. The maximum absolute atomic E-state index is 14.6. The van der Waals surface area contributed by atoms with Gasteiger partial charge in [0.15, 0.2) is 11.6 Å². The number of thiocarbonyl (C=S) groups is 1. The molecular formula is C43H49N5O8S2. The molecule has 0 unspecified atom stereocenters. The number of fused-ring (bicyclic) bond motifs is 5. The summed E-state index contributed by atoms with van der Waals surface area (Å²) in [5, 5.41) is 0.180. The van der Waals surface area contributed by atoms with E-state index in [9.17, 15) is 22.8 Å². The lowest BCUT2D eigenvalue weighted by molar-refractivity contribution is -0.142.